The van der Waals surface area contributed by atoms with Crippen molar-refractivity contribution in [1.82, 2.24) is 5.32 Å². The van der Waals surface area contributed by atoms with Gasteiger partial charge in [-0.1, -0.05) is 66.7 Å². The van der Waals surface area contributed by atoms with Crippen LogP contribution in [-0.4, -0.2) is 30.9 Å². The molecule has 5 nitrogen and oxygen atoms in total. The van der Waals surface area contributed by atoms with Gasteiger partial charge in [0.15, 0.2) is 11.3 Å². The van der Waals surface area contributed by atoms with Gasteiger partial charge in [-0.15, -0.1) is 12.4 Å². The molecular formula is C26H26ClNO4. The molecule has 0 fully saturated rings. The second-order valence-corrected chi connectivity index (χ2v) is 7.38. The molecule has 0 spiro atoms. The van der Waals surface area contributed by atoms with Crippen LogP contribution in [0.3, 0.4) is 0 Å². The number of fused-ring (bicyclic) bond motifs is 1. The third-order valence-corrected chi connectivity index (χ3v) is 5.09. The lowest BCUT2D eigenvalue weighted by Gasteiger charge is -2.14. The number of rotatable bonds is 9. The molecule has 166 valence electrons. The summed E-state index contributed by atoms with van der Waals surface area (Å²) in [7, 11) is 0. The zero-order valence-electron chi connectivity index (χ0n) is 17.6. The summed E-state index contributed by atoms with van der Waals surface area (Å²) >= 11 is 0. The second-order valence-electron chi connectivity index (χ2n) is 7.38. The Balaban J connectivity index is 0.00000289. The van der Waals surface area contributed by atoms with E-state index < -0.39 is 6.10 Å². The van der Waals surface area contributed by atoms with Crippen LogP contribution in [0.5, 0.6) is 5.75 Å². The van der Waals surface area contributed by atoms with Gasteiger partial charge >= 0.3 is 0 Å². The monoisotopic (exact) mass is 451 g/mol. The molecule has 4 rings (SSSR count). The number of halogens is 1. The molecule has 0 saturated carbocycles. The minimum absolute atomic E-state index is 0. The highest BCUT2D eigenvalue weighted by molar-refractivity contribution is 5.86. The molecule has 1 heterocycles. The molecule has 0 amide bonds. The maximum absolute atomic E-state index is 12.9. The smallest absolute Gasteiger partial charge is 0.200 e. The van der Waals surface area contributed by atoms with Crippen LogP contribution in [0, 0.1) is 0 Å². The molecule has 6 heteroatoms. The van der Waals surface area contributed by atoms with E-state index in [-0.39, 0.29) is 24.4 Å². The standard InChI is InChI=1S/C26H25NO4.ClH/c28-21(16-27-15-14-19-8-3-1-4-9-19)17-30-24-13-7-12-22-25(29)23(18-31-26(22)24)20-10-5-2-6-11-20;/h1-13,18,21,27-28H,14-17H2;1H. The van der Waals surface area contributed by atoms with Crippen LogP contribution in [-0.2, 0) is 6.42 Å². The number of nitrogens with one attached hydrogen (secondary N) is 1. The first-order chi connectivity index (χ1) is 15.2. The maximum atomic E-state index is 12.9. The van der Waals surface area contributed by atoms with E-state index in [2.05, 4.69) is 17.4 Å². The summed E-state index contributed by atoms with van der Waals surface area (Å²) in [6, 6.07) is 24.8. The van der Waals surface area contributed by atoms with Crippen LogP contribution >= 0.6 is 12.4 Å². The first kappa shape index (κ1) is 23.5. The van der Waals surface area contributed by atoms with Gasteiger partial charge in [0, 0.05) is 6.54 Å². The highest BCUT2D eigenvalue weighted by atomic mass is 35.5. The summed E-state index contributed by atoms with van der Waals surface area (Å²) < 4.78 is 11.5. The van der Waals surface area contributed by atoms with Gasteiger partial charge in [-0.2, -0.15) is 0 Å². The van der Waals surface area contributed by atoms with Gasteiger partial charge in [0.05, 0.1) is 10.9 Å². The van der Waals surface area contributed by atoms with Crippen molar-refractivity contribution in [2.45, 2.75) is 12.5 Å². The molecule has 0 bridgehead atoms. The molecule has 32 heavy (non-hydrogen) atoms. The summed E-state index contributed by atoms with van der Waals surface area (Å²) in [4.78, 5) is 12.9. The van der Waals surface area contributed by atoms with Gasteiger partial charge < -0.3 is 19.6 Å². The van der Waals surface area contributed by atoms with Crippen molar-refractivity contribution in [3.05, 3.63) is 101 Å². The van der Waals surface area contributed by atoms with E-state index in [0.29, 0.717) is 28.8 Å². The number of benzene rings is 3. The van der Waals surface area contributed by atoms with Crippen LogP contribution in [0.4, 0.5) is 0 Å². The van der Waals surface area contributed by atoms with Gasteiger partial charge in [-0.25, -0.2) is 0 Å². The lowest BCUT2D eigenvalue weighted by molar-refractivity contribution is 0.107. The molecule has 0 aliphatic carbocycles. The van der Waals surface area contributed by atoms with E-state index >= 15 is 0 Å². The third-order valence-electron chi connectivity index (χ3n) is 5.09. The Labute approximate surface area is 193 Å². The van der Waals surface area contributed by atoms with E-state index in [4.69, 9.17) is 9.15 Å². The summed E-state index contributed by atoms with van der Waals surface area (Å²) in [6.45, 7) is 1.29. The Morgan fingerprint density at radius 1 is 0.938 bits per heavy atom. The molecule has 1 aromatic heterocycles. The molecule has 3 aromatic carbocycles. The Hall–Kier alpha value is -3.12. The number of hydrogen-bond acceptors (Lipinski definition) is 5. The zero-order chi connectivity index (χ0) is 21.5. The van der Waals surface area contributed by atoms with Crippen LogP contribution in [0.1, 0.15) is 5.56 Å². The largest absolute Gasteiger partial charge is 0.487 e. The SMILES string of the molecule is Cl.O=c1c(-c2ccccc2)coc2c(OCC(O)CNCCc3ccccc3)cccc12. The summed E-state index contributed by atoms with van der Waals surface area (Å²) in [5.41, 5.74) is 2.84. The fourth-order valence-electron chi connectivity index (χ4n) is 3.45. The van der Waals surface area contributed by atoms with Crippen molar-refractivity contribution in [3.63, 3.8) is 0 Å². The molecule has 0 saturated heterocycles. The Kier molecular flexibility index (Phi) is 8.45. The van der Waals surface area contributed by atoms with Crippen molar-refractivity contribution < 1.29 is 14.3 Å². The lowest BCUT2D eigenvalue weighted by atomic mass is 10.1. The first-order valence-electron chi connectivity index (χ1n) is 10.4. The number of aliphatic hydroxyl groups is 1. The predicted octanol–water partition coefficient (Wildman–Crippen LogP) is 4.45. The zero-order valence-corrected chi connectivity index (χ0v) is 18.4. The molecule has 1 atom stereocenters. The predicted molar refractivity (Wildman–Crippen MR) is 130 cm³/mol. The van der Waals surface area contributed by atoms with Crippen molar-refractivity contribution in [3.8, 4) is 16.9 Å². The summed E-state index contributed by atoms with van der Waals surface area (Å²) in [6.07, 6.45) is 1.68. The van der Waals surface area contributed by atoms with Crippen LogP contribution in [0.25, 0.3) is 22.1 Å². The van der Waals surface area contributed by atoms with Crippen molar-refractivity contribution in [1.29, 1.82) is 0 Å². The topological polar surface area (TPSA) is 71.7 Å². The van der Waals surface area contributed by atoms with Gasteiger partial charge in [-0.05, 0) is 36.2 Å². The maximum Gasteiger partial charge on any atom is 0.200 e. The summed E-state index contributed by atoms with van der Waals surface area (Å²) in [5, 5.41) is 13.9. The Morgan fingerprint density at radius 2 is 1.66 bits per heavy atom. The average molecular weight is 452 g/mol. The molecule has 4 aromatic rings. The molecule has 0 aliphatic heterocycles. The molecule has 0 radical (unpaired) electrons. The van der Waals surface area contributed by atoms with Crippen LogP contribution in [0.15, 0.2) is 94.3 Å². The average Bonchev–Trinajstić information content (AvgIpc) is 2.82. The molecule has 1 unspecified atom stereocenters. The minimum atomic E-state index is -0.679. The normalized spacial score (nSPS) is 11.7. The van der Waals surface area contributed by atoms with E-state index in [1.54, 1.807) is 18.2 Å². The number of hydrogen-bond donors (Lipinski definition) is 2. The van der Waals surface area contributed by atoms with Crippen LogP contribution < -0.4 is 15.5 Å². The highest BCUT2D eigenvalue weighted by Crippen LogP contribution is 2.26. The van der Waals surface area contributed by atoms with Gasteiger partial charge in [0.1, 0.15) is 19.0 Å². The molecule has 0 aliphatic rings. The van der Waals surface area contributed by atoms with Crippen LogP contribution in [0.2, 0.25) is 0 Å². The molecular weight excluding hydrogens is 426 g/mol. The minimum Gasteiger partial charge on any atom is -0.487 e. The quantitative estimate of drug-likeness (QED) is 0.368. The number of aliphatic hydroxyl groups excluding tert-OH is 1. The highest BCUT2D eigenvalue weighted by Gasteiger charge is 2.13. The van der Waals surface area contributed by atoms with E-state index in [1.807, 2.05) is 48.5 Å². The number of para-hydroxylation sites is 1. The van der Waals surface area contributed by atoms with Gasteiger partial charge in [-0.3, -0.25) is 4.79 Å². The van der Waals surface area contributed by atoms with Crippen molar-refractivity contribution >= 4 is 23.4 Å². The van der Waals surface area contributed by atoms with E-state index in [1.165, 1.54) is 11.8 Å². The second kappa shape index (κ2) is 11.5. The third kappa shape index (κ3) is 5.77. The Bertz CT molecular complexity index is 1180. The van der Waals surface area contributed by atoms with Crippen molar-refractivity contribution in [2.24, 2.45) is 0 Å². The Morgan fingerprint density at radius 3 is 2.41 bits per heavy atom. The van der Waals surface area contributed by atoms with Gasteiger partial charge in [0.25, 0.3) is 0 Å². The first-order valence-corrected chi connectivity index (χ1v) is 10.4. The fourth-order valence-corrected chi connectivity index (χ4v) is 3.45. The van der Waals surface area contributed by atoms with Crippen molar-refractivity contribution in [2.75, 3.05) is 19.7 Å². The summed E-state index contributed by atoms with van der Waals surface area (Å²) in [5.74, 6) is 0.442. The number of ether oxygens (including phenoxy) is 1. The van der Waals surface area contributed by atoms with E-state index in [0.717, 1.165) is 18.5 Å². The molecule has 2 N–H and O–H groups in total. The van der Waals surface area contributed by atoms with E-state index in [9.17, 15) is 9.90 Å². The fraction of sp³-hybridized carbons (Fsp3) is 0.192. The van der Waals surface area contributed by atoms with Gasteiger partial charge in [0.2, 0.25) is 5.43 Å². The lowest BCUT2D eigenvalue weighted by Crippen LogP contribution is -2.32.